The Balaban J connectivity index is 1.94. The maximum Gasteiger partial charge on any atom is 0.226 e. The van der Waals surface area contributed by atoms with Gasteiger partial charge in [0, 0.05) is 38.3 Å². The molecule has 1 aromatic carbocycles. The van der Waals surface area contributed by atoms with Crippen LogP contribution in [0.3, 0.4) is 0 Å². The Labute approximate surface area is 125 Å². The topological polar surface area (TPSA) is 58.3 Å². The second kappa shape index (κ2) is 6.20. The van der Waals surface area contributed by atoms with E-state index in [0.29, 0.717) is 6.54 Å². The molecule has 0 radical (unpaired) electrons. The number of anilines is 1. The highest BCUT2D eigenvalue weighted by Gasteiger charge is 2.17. The molecule has 0 bridgehead atoms. The van der Waals surface area contributed by atoms with E-state index >= 15 is 0 Å². The Morgan fingerprint density at radius 2 is 1.76 bits per heavy atom. The summed E-state index contributed by atoms with van der Waals surface area (Å²) < 4.78 is 0. The lowest BCUT2D eigenvalue weighted by Crippen LogP contribution is -2.45. The maximum atomic E-state index is 5.80. The number of nitrogens with zero attached hydrogens (tertiary/aromatic N) is 4. The minimum absolute atomic E-state index is 0.434. The van der Waals surface area contributed by atoms with Crippen LogP contribution >= 0.6 is 0 Å². The Morgan fingerprint density at radius 3 is 2.43 bits per heavy atom. The van der Waals surface area contributed by atoms with Gasteiger partial charge in [-0.2, -0.15) is 0 Å². The minimum atomic E-state index is 0.434. The molecule has 3 rings (SSSR count). The Kier molecular flexibility index (Phi) is 4.13. The third-order valence-corrected chi connectivity index (χ3v) is 3.83. The van der Waals surface area contributed by atoms with Gasteiger partial charge in [0.2, 0.25) is 5.95 Å². The van der Waals surface area contributed by atoms with E-state index in [2.05, 4.69) is 34.0 Å². The molecule has 2 heterocycles. The van der Waals surface area contributed by atoms with Crippen LogP contribution in [0.5, 0.6) is 0 Å². The van der Waals surface area contributed by atoms with Crippen LogP contribution in [0.25, 0.3) is 11.3 Å². The molecule has 1 aliphatic rings. The fourth-order valence-corrected chi connectivity index (χ4v) is 2.49. The lowest BCUT2D eigenvalue weighted by Gasteiger charge is -2.32. The predicted molar refractivity (Wildman–Crippen MR) is 85.1 cm³/mol. The summed E-state index contributed by atoms with van der Waals surface area (Å²) in [5.41, 5.74) is 8.73. The minimum Gasteiger partial charge on any atom is -0.338 e. The molecule has 0 spiro atoms. The lowest BCUT2D eigenvalue weighted by atomic mass is 10.1. The number of nitrogens with two attached hydrogens (primary N) is 1. The lowest BCUT2D eigenvalue weighted by molar-refractivity contribution is 0.311. The molecule has 0 amide bonds. The number of aromatic nitrogens is 2. The maximum absolute atomic E-state index is 5.80. The molecule has 1 aliphatic heterocycles. The smallest absolute Gasteiger partial charge is 0.226 e. The van der Waals surface area contributed by atoms with Gasteiger partial charge in [-0.1, -0.05) is 30.3 Å². The molecule has 1 saturated heterocycles. The summed E-state index contributed by atoms with van der Waals surface area (Å²) in [6.07, 6.45) is 0. The second-order valence-electron chi connectivity index (χ2n) is 5.40. The first-order valence-corrected chi connectivity index (χ1v) is 7.33. The van der Waals surface area contributed by atoms with Crippen molar-refractivity contribution in [2.75, 3.05) is 38.1 Å². The van der Waals surface area contributed by atoms with Crippen molar-refractivity contribution in [2.45, 2.75) is 6.54 Å². The van der Waals surface area contributed by atoms with Crippen molar-refractivity contribution in [2.24, 2.45) is 5.73 Å². The van der Waals surface area contributed by atoms with Crippen molar-refractivity contribution in [3.8, 4) is 11.3 Å². The van der Waals surface area contributed by atoms with E-state index in [9.17, 15) is 0 Å². The van der Waals surface area contributed by atoms with Crippen LogP contribution in [-0.4, -0.2) is 48.1 Å². The van der Waals surface area contributed by atoms with Crippen molar-refractivity contribution < 1.29 is 0 Å². The van der Waals surface area contributed by atoms with Crippen molar-refractivity contribution in [1.29, 1.82) is 0 Å². The van der Waals surface area contributed by atoms with Gasteiger partial charge in [0.05, 0.1) is 11.4 Å². The third-order valence-electron chi connectivity index (χ3n) is 3.83. The van der Waals surface area contributed by atoms with Crippen molar-refractivity contribution in [1.82, 2.24) is 14.9 Å². The molecule has 0 unspecified atom stereocenters. The van der Waals surface area contributed by atoms with Crippen molar-refractivity contribution >= 4 is 5.95 Å². The molecule has 21 heavy (non-hydrogen) atoms. The van der Waals surface area contributed by atoms with Crippen LogP contribution in [0, 0.1) is 0 Å². The van der Waals surface area contributed by atoms with E-state index in [1.54, 1.807) is 0 Å². The van der Waals surface area contributed by atoms with Crippen molar-refractivity contribution in [3.05, 3.63) is 42.1 Å². The molecule has 2 N–H and O–H groups in total. The van der Waals surface area contributed by atoms with Gasteiger partial charge in [-0.3, -0.25) is 0 Å². The Bertz CT molecular complexity index is 591. The molecule has 1 fully saturated rings. The van der Waals surface area contributed by atoms with Gasteiger partial charge in [-0.15, -0.1) is 0 Å². The summed E-state index contributed by atoms with van der Waals surface area (Å²) in [6, 6.07) is 12.2. The van der Waals surface area contributed by atoms with Gasteiger partial charge in [-0.05, 0) is 13.1 Å². The van der Waals surface area contributed by atoms with E-state index in [0.717, 1.165) is 49.1 Å². The molecule has 5 nitrogen and oxygen atoms in total. The van der Waals surface area contributed by atoms with Crippen LogP contribution in [0.1, 0.15) is 5.69 Å². The van der Waals surface area contributed by atoms with E-state index in [1.165, 1.54) is 0 Å². The quantitative estimate of drug-likeness (QED) is 0.921. The Hall–Kier alpha value is -1.98. The second-order valence-corrected chi connectivity index (χ2v) is 5.40. The van der Waals surface area contributed by atoms with Gasteiger partial charge < -0.3 is 15.5 Å². The van der Waals surface area contributed by atoms with E-state index in [1.807, 2.05) is 24.3 Å². The van der Waals surface area contributed by atoms with Crippen LogP contribution < -0.4 is 10.6 Å². The fraction of sp³-hybridized carbons (Fsp3) is 0.375. The van der Waals surface area contributed by atoms with Gasteiger partial charge in [0.25, 0.3) is 0 Å². The normalized spacial score (nSPS) is 16.2. The summed E-state index contributed by atoms with van der Waals surface area (Å²) in [7, 11) is 2.14. The van der Waals surface area contributed by atoms with Crippen LogP contribution in [0.4, 0.5) is 5.95 Å². The Morgan fingerprint density at radius 1 is 1.05 bits per heavy atom. The number of hydrogen-bond donors (Lipinski definition) is 1. The molecular weight excluding hydrogens is 262 g/mol. The third kappa shape index (κ3) is 3.20. The molecule has 110 valence electrons. The monoisotopic (exact) mass is 283 g/mol. The first-order chi connectivity index (χ1) is 10.3. The zero-order chi connectivity index (χ0) is 14.7. The molecule has 5 heteroatoms. The molecule has 2 aromatic rings. The summed E-state index contributed by atoms with van der Waals surface area (Å²) in [6.45, 7) is 4.42. The van der Waals surface area contributed by atoms with Gasteiger partial charge in [0.1, 0.15) is 0 Å². The summed E-state index contributed by atoms with van der Waals surface area (Å²) in [5, 5.41) is 0. The largest absolute Gasteiger partial charge is 0.338 e. The molecule has 0 aliphatic carbocycles. The van der Waals surface area contributed by atoms with Crippen LogP contribution in [-0.2, 0) is 6.54 Å². The van der Waals surface area contributed by atoms with E-state index in [4.69, 9.17) is 10.7 Å². The summed E-state index contributed by atoms with van der Waals surface area (Å²) in [4.78, 5) is 13.9. The SMILES string of the molecule is CN1CCN(c2nc(CN)cc(-c3ccccc3)n2)CC1. The van der Waals surface area contributed by atoms with Gasteiger partial charge >= 0.3 is 0 Å². The zero-order valence-corrected chi connectivity index (χ0v) is 12.4. The first kappa shape index (κ1) is 14.0. The van der Waals surface area contributed by atoms with Crippen LogP contribution in [0.15, 0.2) is 36.4 Å². The highest BCUT2D eigenvalue weighted by molar-refractivity contribution is 5.61. The van der Waals surface area contributed by atoms with E-state index < -0.39 is 0 Å². The number of likely N-dealkylation sites (N-methyl/N-ethyl adjacent to an activating group) is 1. The zero-order valence-electron chi connectivity index (χ0n) is 12.4. The van der Waals surface area contributed by atoms with Gasteiger partial charge in [-0.25, -0.2) is 9.97 Å². The summed E-state index contributed by atoms with van der Waals surface area (Å²) >= 11 is 0. The standard InChI is InChI=1S/C16H21N5/c1-20-7-9-21(10-8-20)16-18-14(12-17)11-15(19-16)13-5-3-2-4-6-13/h2-6,11H,7-10,12,17H2,1H3. The van der Waals surface area contributed by atoms with E-state index in [-0.39, 0.29) is 0 Å². The average Bonchev–Trinajstić information content (AvgIpc) is 2.56. The van der Waals surface area contributed by atoms with Crippen LogP contribution in [0.2, 0.25) is 0 Å². The number of rotatable bonds is 3. The summed E-state index contributed by atoms with van der Waals surface area (Å²) in [5.74, 6) is 0.796. The first-order valence-electron chi connectivity index (χ1n) is 7.33. The number of piperazine rings is 1. The molecular formula is C16H21N5. The highest BCUT2D eigenvalue weighted by atomic mass is 15.3. The average molecular weight is 283 g/mol. The fourth-order valence-electron chi connectivity index (χ4n) is 2.49. The number of hydrogen-bond acceptors (Lipinski definition) is 5. The highest BCUT2D eigenvalue weighted by Crippen LogP contribution is 2.21. The number of benzene rings is 1. The molecule has 0 saturated carbocycles. The predicted octanol–water partition coefficient (Wildman–Crippen LogP) is 1.35. The van der Waals surface area contributed by atoms with Gasteiger partial charge in [0.15, 0.2) is 0 Å². The molecule has 1 aromatic heterocycles. The van der Waals surface area contributed by atoms with Crippen molar-refractivity contribution in [3.63, 3.8) is 0 Å². The molecule has 0 atom stereocenters.